The molecule has 0 spiro atoms. The monoisotopic (exact) mass is 322 g/mol. The summed E-state index contributed by atoms with van der Waals surface area (Å²) in [5.74, 6) is 0.214. The van der Waals surface area contributed by atoms with Crippen LogP contribution in [0.1, 0.15) is 44.6 Å². The Morgan fingerprint density at radius 2 is 1.84 bits per heavy atom. The molecule has 4 heteroatoms. The molecule has 3 nitrogen and oxygen atoms in total. The minimum atomic E-state index is 0.0659. The number of hydrogen-bond donors (Lipinski definition) is 1. The highest BCUT2D eigenvalue weighted by Crippen LogP contribution is 2.23. The van der Waals surface area contributed by atoms with Gasteiger partial charge in [0, 0.05) is 10.4 Å². The molecule has 19 heavy (non-hydrogen) atoms. The lowest BCUT2D eigenvalue weighted by Crippen LogP contribution is -2.29. The zero-order valence-electron chi connectivity index (χ0n) is 11.2. The summed E-state index contributed by atoms with van der Waals surface area (Å²) in [5, 5.41) is 4.20. The summed E-state index contributed by atoms with van der Waals surface area (Å²) in [6, 6.07) is 7.90. The molecular formula is C15H19BrN2O. The Bertz CT molecular complexity index is 462. The van der Waals surface area contributed by atoms with E-state index < -0.39 is 0 Å². The topological polar surface area (TPSA) is 41.5 Å². The minimum absolute atomic E-state index is 0.0659. The van der Waals surface area contributed by atoms with Gasteiger partial charge in [0.2, 0.25) is 5.91 Å². The van der Waals surface area contributed by atoms with Gasteiger partial charge >= 0.3 is 0 Å². The lowest BCUT2D eigenvalue weighted by atomic mass is 9.89. The van der Waals surface area contributed by atoms with Gasteiger partial charge in [-0.05, 0) is 37.5 Å². The van der Waals surface area contributed by atoms with Gasteiger partial charge in [0.25, 0.3) is 0 Å². The Morgan fingerprint density at radius 1 is 1.21 bits per heavy atom. The maximum Gasteiger partial charge on any atom is 0.243 e. The molecule has 0 radical (unpaired) electrons. The van der Waals surface area contributed by atoms with E-state index in [1.165, 1.54) is 6.42 Å². The highest BCUT2D eigenvalue weighted by molar-refractivity contribution is 9.10. The molecule has 1 aromatic carbocycles. The molecule has 1 fully saturated rings. The molecule has 1 aromatic rings. The molecule has 2 rings (SSSR count). The molecule has 0 atom stereocenters. The normalized spacial score (nSPS) is 17.3. The Labute approximate surface area is 122 Å². The van der Waals surface area contributed by atoms with Crippen molar-refractivity contribution in [2.24, 2.45) is 11.0 Å². The first kappa shape index (κ1) is 14.3. The second-order valence-electron chi connectivity index (χ2n) is 5.02. The van der Waals surface area contributed by atoms with Crippen molar-refractivity contribution in [1.29, 1.82) is 0 Å². The van der Waals surface area contributed by atoms with E-state index >= 15 is 0 Å². The fraction of sp³-hybridized carbons (Fsp3) is 0.467. The number of amides is 1. The van der Waals surface area contributed by atoms with Crippen molar-refractivity contribution in [3.8, 4) is 0 Å². The van der Waals surface area contributed by atoms with Crippen molar-refractivity contribution in [2.75, 3.05) is 0 Å². The van der Waals surface area contributed by atoms with Crippen molar-refractivity contribution in [2.45, 2.75) is 39.0 Å². The summed E-state index contributed by atoms with van der Waals surface area (Å²) in [7, 11) is 0. The fourth-order valence-corrected chi connectivity index (χ4v) is 2.61. The van der Waals surface area contributed by atoms with Crippen LogP contribution in [-0.2, 0) is 4.79 Å². The predicted molar refractivity (Wildman–Crippen MR) is 81.1 cm³/mol. The molecule has 0 heterocycles. The first-order valence-electron chi connectivity index (χ1n) is 6.77. The summed E-state index contributed by atoms with van der Waals surface area (Å²) >= 11 is 3.40. The van der Waals surface area contributed by atoms with Crippen LogP contribution in [0.3, 0.4) is 0 Å². The molecule has 1 N–H and O–H groups in total. The lowest BCUT2D eigenvalue weighted by molar-refractivity contribution is -0.125. The molecular weight excluding hydrogens is 304 g/mol. The zero-order valence-corrected chi connectivity index (χ0v) is 12.7. The Balaban J connectivity index is 1.93. The standard InChI is InChI=1S/C15H19BrN2O/c1-11(12-7-9-14(16)10-8-12)17-18-15(19)13-5-3-2-4-6-13/h7-10,13H,2-6H2,1H3,(H,18,19). The summed E-state index contributed by atoms with van der Waals surface area (Å²) in [5.41, 5.74) is 4.55. The predicted octanol–water partition coefficient (Wildman–Crippen LogP) is 3.87. The summed E-state index contributed by atoms with van der Waals surface area (Å²) in [6.45, 7) is 1.91. The average molecular weight is 323 g/mol. The number of hydrogen-bond acceptors (Lipinski definition) is 2. The zero-order chi connectivity index (χ0) is 13.7. The number of benzene rings is 1. The van der Waals surface area contributed by atoms with Crippen molar-refractivity contribution < 1.29 is 4.79 Å². The van der Waals surface area contributed by atoms with Gasteiger partial charge in [-0.3, -0.25) is 4.79 Å². The van der Waals surface area contributed by atoms with Crippen molar-refractivity contribution in [3.05, 3.63) is 34.3 Å². The van der Waals surface area contributed by atoms with Crippen LogP contribution < -0.4 is 5.43 Å². The SMILES string of the molecule is CC(=NNC(=O)C1CCCCC1)c1ccc(Br)cc1. The third kappa shape index (κ3) is 4.16. The van der Waals surface area contributed by atoms with Gasteiger partial charge in [-0.2, -0.15) is 5.10 Å². The summed E-state index contributed by atoms with van der Waals surface area (Å²) < 4.78 is 1.04. The summed E-state index contributed by atoms with van der Waals surface area (Å²) in [4.78, 5) is 12.0. The first-order valence-corrected chi connectivity index (χ1v) is 7.56. The number of nitrogens with zero attached hydrogens (tertiary/aromatic N) is 1. The van der Waals surface area contributed by atoms with E-state index in [1.807, 2.05) is 31.2 Å². The van der Waals surface area contributed by atoms with Crippen LogP contribution >= 0.6 is 15.9 Å². The van der Waals surface area contributed by atoms with E-state index in [0.29, 0.717) is 0 Å². The van der Waals surface area contributed by atoms with Crippen molar-refractivity contribution in [1.82, 2.24) is 5.43 Å². The highest BCUT2D eigenvalue weighted by atomic mass is 79.9. The van der Waals surface area contributed by atoms with Crippen LogP contribution in [0.25, 0.3) is 0 Å². The number of nitrogens with one attached hydrogen (secondary N) is 1. The van der Waals surface area contributed by atoms with Gasteiger partial charge in [-0.25, -0.2) is 5.43 Å². The van der Waals surface area contributed by atoms with E-state index in [0.717, 1.165) is 41.4 Å². The van der Waals surface area contributed by atoms with E-state index in [2.05, 4.69) is 26.5 Å². The molecule has 0 saturated heterocycles. The smallest absolute Gasteiger partial charge is 0.243 e. The second kappa shape index (κ2) is 6.85. The van der Waals surface area contributed by atoms with Crippen molar-refractivity contribution >= 4 is 27.5 Å². The molecule has 1 saturated carbocycles. The Hall–Kier alpha value is -1.16. The van der Waals surface area contributed by atoms with E-state index in [-0.39, 0.29) is 11.8 Å². The number of carbonyl (C=O) groups excluding carboxylic acids is 1. The number of halogens is 1. The molecule has 1 aliphatic rings. The van der Waals surface area contributed by atoms with Gasteiger partial charge in [-0.1, -0.05) is 47.3 Å². The lowest BCUT2D eigenvalue weighted by Gasteiger charge is -2.19. The van der Waals surface area contributed by atoms with Gasteiger partial charge < -0.3 is 0 Å². The number of carbonyl (C=O) groups is 1. The molecule has 0 aromatic heterocycles. The van der Waals surface area contributed by atoms with Crippen LogP contribution in [0.4, 0.5) is 0 Å². The summed E-state index contributed by atoms with van der Waals surface area (Å²) in [6.07, 6.45) is 5.57. The van der Waals surface area contributed by atoms with Gasteiger partial charge in [0.15, 0.2) is 0 Å². The molecule has 0 aliphatic heterocycles. The highest BCUT2D eigenvalue weighted by Gasteiger charge is 2.20. The van der Waals surface area contributed by atoms with Crippen LogP contribution in [-0.4, -0.2) is 11.6 Å². The van der Waals surface area contributed by atoms with E-state index in [4.69, 9.17) is 0 Å². The largest absolute Gasteiger partial charge is 0.273 e. The van der Waals surface area contributed by atoms with Gasteiger partial charge in [0.05, 0.1) is 5.71 Å². The second-order valence-corrected chi connectivity index (χ2v) is 5.93. The minimum Gasteiger partial charge on any atom is -0.273 e. The average Bonchev–Trinajstić information content (AvgIpc) is 2.46. The van der Waals surface area contributed by atoms with Gasteiger partial charge in [-0.15, -0.1) is 0 Å². The van der Waals surface area contributed by atoms with Crippen LogP contribution in [0.2, 0.25) is 0 Å². The Morgan fingerprint density at radius 3 is 2.47 bits per heavy atom. The molecule has 1 amide bonds. The third-order valence-electron chi connectivity index (χ3n) is 3.57. The Kier molecular flexibility index (Phi) is 5.14. The molecule has 0 unspecified atom stereocenters. The van der Waals surface area contributed by atoms with Crippen LogP contribution in [0, 0.1) is 5.92 Å². The number of rotatable bonds is 3. The van der Waals surface area contributed by atoms with Crippen LogP contribution in [0.15, 0.2) is 33.8 Å². The molecule has 1 aliphatic carbocycles. The quantitative estimate of drug-likeness (QED) is 0.666. The van der Waals surface area contributed by atoms with Gasteiger partial charge in [0.1, 0.15) is 0 Å². The molecule has 0 bridgehead atoms. The van der Waals surface area contributed by atoms with Crippen LogP contribution in [0.5, 0.6) is 0 Å². The maximum absolute atomic E-state index is 12.0. The maximum atomic E-state index is 12.0. The first-order chi connectivity index (χ1) is 9.16. The third-order valence-corrected chi connectivity index (χ3v) is 4.10. The van der Waals surface area contributed by atoms with E-state index in [9.17, 15) is 4.79 Å². The van der Waals surface area contributed by atoms with Crippen molar-refractivity contribution in [3.63, 3.8) is 0 Å². The molecule has 102 valence electrons. The fourth-order valence-electron chi connectivity index (χ4n) is 2.35. The van der Waals surface area contributed by atoms with E-state index in [1.54, 1.807) is 0 Å². The number of hydrazone groups is 1.